The van der Waals surface area contributed by atoms with Gasteiger partial charge in [0.2, 0.25) is 10.1 Å². The first-order valence-electron chi connectivity index (χ1n) is 3.21. The van der Waals surface area contributed by atoms with E-state index in [0.717, 1.165) is 0 Å². The van der Waals surface area contributed by atoms with Gasteiger partial charge in [0.05, 0.1) is 0 Å². The smallest absolute Gasteiger partial charge is 0.295 e. The number of hydrogen-bond acceptors (Lipinski definition) is 2. The first kappa shape index (κ1) is 12.3. The van der Waals surface area contributed by atoms with E-state index in [4.69, 9.17) is 4.55 Å². The van der Waals surface area contributed by atoms with E-state index >= 15 is 0 Å². The van der Waals surface area contributed by atoms with E-state index in [0.29, 0.717) is 0 Å². The third-order valence-corrected chi connectivity index (χ3v) is 2.62. The summed E-state index contributed by atoms with van der Waals surface area (Å²) in [5.74, 6) is -0.227. The van der Waals surface area contributed by atoms with Crippen molar-refractivity contribution in [3.8, 4) is 0 Å². The average molecular weight is 196 g/mol. The second kappa shape index (κ2) is 4.48. The summed E-state index contributed by atoms with van der Waals surface area (Å²) in [6.45, 7) is 1.71. The molecule has 1 N–H and O–H groups in total. The summed E-state index contributed by atoms with van der Waals surface area (Å²) in [6, 6.07) is 0. The van der Waals surface area contributed by atoms with Gasteiger partial charge in [-0.25, -0.2) is 20.6 Å². The standard InChI is InChI=1S/C7H9O3S.Na/c1-6-4-2-3-5-7(6)11(8,9)10;/h2-6H,1H3,(H,8,9,10);/q-1;+1. The molecular weight excluding hydrogens is 187 g/mol. The third-order valence-electron chi connectivity index (χ3n) is 1.52. The molecule has 62 valence electrons. The molecule has 0 bridgehead atoms. The summed E-state index contributed by atoms with van der Waals surface area (Å²) < 4.78 is 29.9. The molecule has 0 aromatic rings. The van der Waals surface area contributed by atoms with Gasteiger partial charge in [-0.15, -0.1) is 12.2 Å². The van der Waals surface area contributed by atoms with Gasteiger partial charge in [0, 0.05) is 0 Å². The van der Waals surface area contributed by atoms with Crippen LogP contribution >= 0.6 is 0 Å². The summed E-state index contributed by atoms with van der Waals surface area (Å²) in [6.07, 6.45) is 6.45. The van der Waals surface area contributed by atoms with Crippen molar-refractivity contribution in [2.45, 2.75) is 6.92 Å². The van der Waals surface area contributed by atoms with E-state index in [1.807, 2.05) is 0 Å². The van der Waals surface area contributed by atoms with Crippen molar-refractivity contribution in [3.05, 3.63) is 29.6 Å². The molecule has 0 saturated heterocycles. The van der Waals surface area contributed by atoms with Crippen LogP contribution in [0.25, 0.3) is 0 Å². The Morgan fingerprint density at radius 3 is 2.33 bits per heavy atom. The Kier molecular flexibility index (Phi) is 4.58. The normalized spacial score (nSPS) is 22.2. The number of allylic oxidation sites excluding steroid dienone is 3. The van der Waals surface area contributed by atoms with Crippen LogP contribution in [0.2, 0.25) is 0 Å². The van der Waals surface area contributed by atoms with Gasteiger partial charge in [0.15, 0.2) is 0 Å². The Bertz CT molecular complexity index is 292. The van der Waals surface area contributed by atoms with Crippen LogP contribution in [0.15, 0.2) is 24.3 Å². The van der Waals surface area contributed by atoms with Gasteiger partial charge in [-0.2, -0.15) is 0 Å². The molecule has 0 spiro atoms. The maximum atomic E-state index is 10.6. The van der Waals surface area contributed by atoms with E-state index < -0.39 is 10.1 Å². The van der Waals surface area contributed by atoms with E-state index in [-0.39, 0.29) is 40.7 Å². The molecule has 1 aliphatic rings. The van der Waals surface area contributed by atoms with Crippen LogP contribution in [0.5, 0.6) is 0 Å². The molecule has 0 aliphatic heterocycles. The topological polar surface area (TPSA) is 54.4 Å². The molecule has 0 heterocycles. The summed E-state index contributed by atoms with van der Waals surface area (Å²) in [7, 11) is -4.00. The molecule has 0 fully saturated rings. The molecule has 0 aromatic heterocycles. The van der Waals surface area contributed by atoms with Crippen LogP contribution in [0, 0.1) is 11.2 Å². The van der Waals surface area contributed by atoms with Crippen molar-refractivity contribution in [2.75, 3.05) is 0 Å². The molecule has 0 saturated carbocycles. The van der Waals surface area contributed by atoms with Crippen LogP contribution in [-0.2, 0) is 10.1 Å². The monoisotopic (exact) mass is 196 g/mol. The van der Waals surface area contributed by atoms with Crippen LogP contribution in [-0.4, -0.2) is 13.0 Å². The fraction of sp³-hybridized carbons (Fsp3) is 0.286. The maximum absolute atomic E-state index is 10.6. The Hall–Kier alpha value is 0.260. The van der Waals surface area contributed by atoms with E-state index in [1.54, 1.807) is 25.2 Å². The van der Waals surface area contributed by atoms with Crippen LogP contribution in [0.3, 0.4) is 0 Å². The predicted molar refractivity (Wildman–Crippen MR) is 42.2 cm³/mol. The van der Waals surface area contributed by atoms with Gasteiger partial charge < -0.3 is 0 Å². The minimum atomic E-state index is -4.00. The van der Waals surface area contributed by atoms with Crippen molar-refractivity contribution >= 4 is 10.1 Å². The minimum Gasteiger partial charge on any atom is -0.295 e. The van der Waals surface area contributed by atoms with Crippen molar-refractivity contribution in [3.63, 3.8) is 0 Å². The Labute approximate surface area is 94.6 Å². The fourth-order valence-electron chi connectivity index (χ4n) is 0.949. The summed E-state index contributed by atoms with van der Waals surface area (Å²) in [5.41, 5.74) is 0. The molecule has 0 amide bonds. The summed E-state index contributed by atoms with van der Waals surface area (Å²) in [5, 5.41) is 0.0556. The van der Waals surface area contributed by atoms with Crippen LogP contribution in [0.1, 0.15) is 6.92 Å². The van der Waals surface area contributed by atoms with Crippen LogP contribution < -0.4 is 29.6 Å². The first-order chi connectivity index (χ1) is 5.02. The largest absolute Gasteiger partial charge is 1.00 e. The van der Waals surface area contributed by atoms with Gasteiger partial charge in [0.25, 0.3) is 0 Å². The molecule has 0 aromatic carbocycles. The molecule has 3 nitrogen and oxygen atoms in total. The molecular formula is C7H9NaO3S. The van der Waals surface area contributed by atoms with E-state index in [9.17, 15) is 8.42 Å². The minimum absolute atomic E-state index is 0. The van der Waals surface area contributed by atoms with Crippen molar-refractivity contribution in [2.24, 2.45) is 5.92 Å². The molecule has 0 radical (unpaired) electrons. The Morgan fingerprint density at radius 1 is 1.42 bits per heavy atom. The van der Waals surface area contributed by atoms with Gasteiger partial charge in [0.1, 0.15) is 0 Å². The molecule has 5 heteroatoms. The number of hydrogen-bond donors (Lipinski definition) is 1. The molecule has 1 rings (SSSR count). The molecule has 12 heavy (non-hydrogen) atoms. The quantitative estimate of drug-likeness (QED) is 0.305. The Balaban J connectivity index is 0.00000121. The van der Waals surface area contributed by atoms with Crippen molar-refractivity contribution < 1.29 is 42.5 Å². The number of rotatable bonds is 1. The van der Waals surface area contributed by atoms with Gasteiger partial charge in [-0.1, -0.05) is 18.1 Å². The average Bonchev–Trinajstić information content (AvgIpc) is 1.86. The summed E-state index contributed by atoms with van der Waals surface area (Å²) >= 11 is 0. The zero-order valence-corrected chi connectivity index (χ0v) is 9.88. The van der Waals surface area contributed by atoms with Crippen molar-refractivity contribution in [1.82, 2.24) is 0 Å². The first-order valence-corrected chi connectivity index (χ1v) is 4.65. The van der Waals surface area contributed by atoms with Gasteiger partial charge in [-0.05, 0) is 0 Å². The second-order valence-electron chi connectivity index (χ2n) is 2.41. The molecule has 1 unspecified atom stereocenters. The summed E-state index contributed by atoms with van der Waals surface area (Å²) in [4.78, 5) is 0. The zero-order chi connectivity index (χ0) is 8.48. The fourth-order valence-corrected chi connectivity index (χ4v) is 1.75. The zero-order valence-electron chi connectivity index (χ0n) is 7.06. The van der Waals surface area contributed by atoms with E-state index in [1.165, 1.54) is 6.08 Å². The van der Waals surface area contributed by atoms with E-state index in [2.05, 4.69) is 0 Å². The third kappa shape index (κ3) is 2.95. The molecule has 1 aliphatic carbocycles. The van der Waals surface area contributed by atoms with Crippen molar-refractivity contribution in [1.29, 1.82) is 0 Å². The second-order valence-corrected chi connectivity index (χ2v) is 3.83. The maximum Gasteiger partial charge on any atom is 1.00 e. The molecule has 1 atom stereocenters. The predicted octanol–water partition coefficient (Wildman–Crippen LogP) is -1.83. The SMILES string of the molecule is CC1C=CC=C[C-]1S(=O)(=O)O.[Na+]. The van der Waals surface area contributed by atoms with Gasteiger partial charge >= 0.3 is 29.6 Å². The Morgan fingerprint density at radius 2 is 2.00 bits per heavy atom. The van der Waals surface area contributed by atoms with Gasteiger partial charge in [-0.3, -0.25) is 4.55 Å². The van der Waals surface area contributed by atoms with Crippen LogP contribution in [0.4, 0.5) is 0 Å².